The summed E-state index contributed by atoms with van der Waals surface area (Å²) in [5, 5.41) is 14.7. The first-order valence-electron chi connectivity index (χ1n) is 12.2. The lowest BCUT2D eigenvalue weighted by Crippen LogP contribution is -2.34. The smallest absolute Gasteiger partial charge is 0.307 e. The Labute approximate surface area is 225 Å². The topological polar surface area (TPSA) is 113 Å². The Kier molecular flexibility index (Phi) is 8.76. The number of carbonyl (C=O) groups excluding carboxylic acids is 3. The van der Waals surface area contributed by atoms with Crippen LogP contribution in [0.3, 0.4) is 0 Å². The third-order valence-electron chi connectivity index (χ3n) is 6.34. The van der Waals surface area contributed by atoms with E-state index in [4.69, 9.17) is 0 Å². The van der Waals surface area contributed by atoms with Crippen LogP contribution in [0.2, 0.25) is 0 Å². The Morgan fingerprint density at radius 2 is 1.50 bits per heavy atom. The number of aliphatic carboxylic acids is 1. The lowest BCUT2D eigenvalue weighted by molar-refractivity contribution is -0.146. The number of carbonyl (C=O) groups is 4. The molecule has 0 fully saturated rings. The van der Waals surface area contributed by atoms with Gasteiger partial charge in [-0.25, -0.2) is 0 Å². The van der Waals surface area contributed by atoms with Gasteiger partial charge in [0.05, 0.1) is 11.8 Å². The Morgan fingerprint density at radius 1 is 0.816 bits per heavy atom. The largest absolute Gasteiger partial charge is 0.481 e. The molecule has 1 aliphatic carbocycles. The van der Waals surface area contributed by atoms with Crippen molar-refractivity contribution in [2.24, 2.45) is 11.8 Å². The van der Waals surface area contributed by atoms with Gasteiger partial charge in [0.15, 0.2) is 5.78 Å². The van der Waals surface area contributed by atoms with E-state index < -0.39 is 23.1 Å². The summed E-state index contributed by atoms with van der Waals surface area (Å²) in [5.74, 6) is -3.00. The maximum Gasteiger partial charge on any atom is 0.307 e. The highest BCUT2D eigenvalue weighted by molar-refractivity contribution is 8.00. The van der Waals surface area contributed by atoms with Crippen molar-refractivity contribution in [3.8, 4) is 0 Å². The predicted octanol–water partition coefficient (Wildman–Crippen LogP) is 5.97. The first-order valence-corrected chi connectivity index (χ1v) is 13.1. The van der Waals surface area contributed by atoms with Crippen molar-refractivity contribution in [3.05, 3.63) is 102 Å². The lowest BCUT2D eigenvalue weighted by Gasteiger charge is -2.24. The van der Waals surface area contributed by atoms with Crippen LogP contribution in [0.15, 0.2) is 95.9 Å². The fraction of sp³-hybridized carbons (Fsp3) is 0.200. The number of nitrogens with one attached hydrogen (secondary N) is 2. The number of amides is 2. The van der Waals surface area contributed by atoms with Gasteiger partial charge >= 0.3 is 5.97 Å². The third-order valence-corrected chi connectivity index (χ3v) is 7.59. The molecule has 0 radical (unpaired) electrons. The molecular weight excluding hydrogens is 500 g/mol. The SMILES string of the molecule is CC(=O)c1ccc(NC(=O)C(Sc2cccc(NC(=O)C3CC=CCC3C(=O)O)c2)c2ccccc2)cc1. The van der Waals surface area contributed by atoms with E-state index in [1.165, 1.54) is 18.7 Å². The van der Waals surface area contributed by atoms with Gasteiger partial charge in [0.25, 0.3) is 0 Å². The van der Waals surface area contributed by atoms with E-state index in [9.17, 15) is 24.3 Å². The number of benzene rings is 3. The van der Waals surface area contributed by atoms with E-state index >= 15 is 0 Å². The van der Waals surface area contributed by atoms with Gasteiger partial charge in [0.1, 0.15) is 5.25 Å². The molecule has 0 saturated heterocycles. The van der Waals surface area contributed by atoms with Crippen LogP contribution in [-0.2, 0) is 14.4 Å². The Morgan fingerprint density at radius 3 is 2.16 bits per heavy atom. The number of hydrogen-bond donors (Lipinski definition) is 3. The number of ketones is 1. The molecule has 4 rings (SSSR count). The fourth-order valence-electron chi connectivity index (χ4n) is 4.29. The fourth-order valence-corrected chi connectivity index (χ4v) is 5.38. The molecule has 3 aromatic rings. The third kappa shape index (κ3) is 6.77. The number of rotatable bonds is 9. The van der Waals surface area contributed by atoms with Crippen LogP contribution in [0.1, 0.15) is 40.9 Å². The summed E-state index contributed by atoms with van der Waals surface area (Å²) >= 11 is 1.34. The van der Waals surface area contributed by atoms with Crippen molar-refractivity contribution in [1.29, 1.82) is 0 Å². The van der Waals surface area contributed by atoms with Gasteiger partial charge in [-0.15, -0.1) is 11.8 Å². The summed E-state index contributed by atoms with van der Waals surface area (Å²) in [7, 11) is 0. The van der Waals surface area contributed by atoms with Gasteiger partial charge in [-0.05, 0) is 67.8 Å². The molecule has 0 spiro atoms. The normalized spacial score (nSPS) is 17.3. The summed E-state index contributed by atoms with van der Waals surface area (Å²) in [6, 6.07) is 23.3. The number of carboxylic acid groups (broad SMARTS) is 1. The minimum absolute atomic E-state index is 0.0500. The van der Waals surface area contributed by atoms with E-state index in [0.29, 0.717) is 29.8 Å². The van der Waals surface area contributed by atoms with E-state index in [1.807, 2.05) is 42.5 Å². The summed E-state index contributed by atoms with van der Waals surface area (Å²) < 4.78 is 0. The van der Waals surface area contributed by atoms with Crippen molar-refractivity contribution in [2.75, 3.05) is 10.6 Å². The van der Waals surface area contributed by atoms with Crippen LogP contribution in [0.5, 0.6) is 0 Å². The van der Waals surface area contributed by atoms with Crippen LogP contribution >= 0.6 is 11.8 Å². The van der Waals surface area contributed by atoms with Gasteiger partial charge in [0, 0.05) is 21.8 Å². The molecule has 0 saturated carbocycles. The van der Waals surface area contributed by atoms with E-state index in [0.717, 1.165) is 10.5 Å². The van der Waals surface area contributed by atoms with Gasteiger partial charge in [0.2, 0.25) is 11.8 Å². The van der Waals surface area contributed by atoms with Crippen LogP contribution in [0.4, 0.5) is 11.4 Å². The minimum Gasteiger partial charge on any atom is -0.481 e. The molecule has 8 heteroatoms. The molecule has 38 heavy (non-hydrogen) atoms. The zero-order chi connectivity index (χ0) is 27.1. The molecule has 3 aromatic carbocycles. The standard InChI is InChI=1S/C30H28N2O5S/c1-19(33)20-14-16-22(17-15-20)31-29(35)27(21-8-3-2-4-9-21)38-24-11-7-10-23(18-24)32-28(34)25-12-5-6-13-26(25)30(36)37/h2-11,14-18,25-27H,12-13H2,1H3,(H,31,35)(H,32,34)(H,36,37). The monoisotopic (exact) mass is 528 g/mol. The van der Waals surface area contributed by atoms with Crippen molar-refractivity contribution in [2.45, 2.75) is 29.9 Å². The first-order chi connectivity index (χ1) is 18.3. The molecule has 0 aliphatic heterocycles. The molecule has 3 N–H and O–H groups in total. The quantitative estimate of drug-likeness (QED) is 0.179. The number of carboxylic acids is 1. The molecule has 1 aliphatic rings. The van der Waals surface area contributed by atoms with Gasteiger partial charge in [-0.3, -0.25) is 19.2 Å². The molecule has 194 valence electrons. The van der Waals surface area contributed by atoms with E-state index in [1.54, 1.807) is 48.5 Å². The number of thioether (sulfide) groups is 1. The second-order valence-corrected chi connectivity index (χ2v) is 10.2. The van der Waals surface area contributed by atoms with Gasteiger partial charge in [-0.2, -0.15) is 0 Å². The maximum atomic E-state index is 13.4. The van der Waals surface area contributed by atoms with E-state index in [2.05, 4.69) is 10.6 Å². The Balaban J connectivity index is 1.51. The number of anilines is 2. The molecule has 0 aromatic heterocycles. The predicted molar refractivity (Wildman–Crippen MR) is 148 cm³/mol. The average Bonchev–Trinajstić information content (AvgIpc) is 2.92. The van der Waals surface area contributed by atoms with Crippen molar-refractivity contribution in [1.82, 2.24) is 0 Å². The van der Waals surface area contributed by atoms with Crippen LogP contribution in [0, 0.1) is 11.8 Å². The van der Waals surface area contributed by atoms with Gasteiger partial charge in [-0.1, -0.05) is 48.6 Å². The highest BCUT2D eigenvalue weighted by Crippen LogP contribution is 2.37. The summed E-state index contributed by atoms with van der Waals surface area (Å²) in [6.07, 6.45) is 4.34. The van der Waals surface area contributed by atoms with Crippen molar-refractivity contribution < 1.29 is 24.3 Å². The van der Waals surface area contributed by atoms with Gasteiger partial charge < -0.3 is 15.7 Å². The zero-order valence-electron chi connectivity index (χ0n) is 20.8. The molecule has 3 unspecified atom stereocenters. The zero-order valence-corrected chi connectivity index (χ0v) is 21.6. The van der Waals surface area contributed by atoms with Crippen LogP contribution in [0.25, 0.3) is 0 Å². The molecule has 0 bridgehead atoms. The van der Waals surface area contributed by atoms with Crippen molar-refractivity contribution in [3.63, 3.8) is 0 Å². The molecule has 3 atom stereocenters. The highest BCUT2D eigenvalue weighted by atomic mass is 32.2. The first kappa shape index (κ1) is 26.9. The lowest BCUT2D eigenvalue weighted by atomic mass is 9.82. The number of Topliss-reactive ketones (excluding diaryl/α,β-unsaturated/α-hetero) is 1. The number of hydrogen-bond acceptors (Lipinski definition) is 5. The molecular formula is C30H28N2O5S. The maximum absolute atomic E-state index is 13.4. The Hall–Kier alpha value is -4.17. The van der Waals surface area contributed by atoms with Crippen molar-refractivity contribution >= 4 is 46.7 Å². The molecule has 0 heterocycles. The summed E-state index contributed by atoms with van der Waals surface area (Å²) in [6.45, 7) is 1.49. The molecule has 2 amide bonds. The highest BCUT2D eigenvalue weighted by Gasteiger charge is 2.34. The Bertz CT molecular complexity index is 1350. The van der Waals surface area contributed by atoms with Crippen LogP contribution < -0.4 is 10.6 Å². The minimum atomic E-state index is -0.980. The molecule has 7 nitrogen and oxygen atoms in total. The van der Waals surface area contributed by atoms with Crippen LogP contribution in [-0.4, -0.2) is 28.7 Å². The summed E-state index contributed by atoms with van der Waals surface area (Å²) in [5.41, 5.74) is 2.49. The second-order valence-electron chi connectivity index (χ2n) is 9.04. The summed E-state index contributed by atoms with van der Waals surface area (Å²) in [4.78, 5) is 50.2. The van der Waals surface area contributed by atoms with E-state index in [-0.39, 0.29) is 17.6 Å². The average molecular weight is 529 g/mol. The second kappa shape index (κ2) is 12.4. The number of allylic oxidation sites excluding steroid dienone is 2.